The van der Waals surface area contributed by atoms with Crippen molar-refractivity contribution in [2.75, 3.05) is 13.1 Å². The van der Waals surface area contributed by atoms with Crippen LogP contribution in [0.25, 0.3) is 0 Å². The normalized spacial score (nSPS) is 22.6. The van der Waals surface area contributed by atoms with Gasteiger partial charge in [0.25, 0.3) is 11.8 Å². The van der Waals surface area contributed by atoms with Crippen molar-refractivity contribution in [3.63, 3.8) is 0 Å². The molecule has 2 atom stereocenters. The van der Waals surface area contributed by atoms with Gasteiger partial charge in [-0.3, -0.25) is 24.1 Å². The molecule has 1 aromatic carbocycles. The van der Waals surface area contributed by atoms with E-state index in [0.29, 0.717) is 36.8 Å². The SMILES string of the molecule is O=C(O)C1CCCC(C(=O)NCCN2C(=O)c3ccccc3C2=O)C1. The highest BCUT2D eigenvalue weighted by molar-refractivity contribution is 6.21. The maximum Gasteiger partial charge on any atom is 0.306 e. The van der Waals surface area contributed by atoms with Gasteiger partial charge in [0.1, 0.15) is 0 Å². The second kappa shape index (κ2) is 7.04. The molecule has 1 saturated carbocycles. The Kier molecular flexibility index (Phi) is 4.83. The number of aliphatic carboxylic acids is 1. The molecule has 7 heteroatoms. The first-order chi connectivity index (χ1) is 12.0. The number of carbonyl (C=O) groups is 4. The zero-order chi connectivity index (χ0) is 18.0. The number of nitrogens with zero attached hydrogens (tertiary/aromatic N) is 1. The fourth-order valence-corrected chi connectivity index (χ4v) is 3.53. The predicted octanol–water partition coefficient (Wildman–Crippen LogP) is 1.29. The van der Waals surface area contributed by atoms with Gasteiger partial charge in [0, 0.05) is 19.0 Å². The van der Waals surface area contributed by atoms with Gasteiger partial charge in [-0.15, -0.1) is 0 Å². The zero-order valence-electron chi connectivity index (χ0n) is 13.7. The van der Waals surface area contributed by atoms with Gasteiger partial charge in [0.2, 0.25) is 5.91 Å². The molecule has 0 aromatic heterocycles. The summed E-state index contributed by atoms with van der Waals surface area (Å²) in [5.74, 6) is -2.55. The molecule has 0 radical (unpaired) electrons. The van der Waals surface area contributed by atoms with E-state index in [-0.39, 0.29) is 36.7 Å². The highest BCUT2D eigenvalue weighted by Crippen LogP contribution is 2.29. The Morgan fingerprint density at radius 2 is 1.68 bits per heavy atom. The molecule has 1 heterocycles. The molecule has 0 spiro atoms. The van der Waals surface area contributed by atoms with Gasteiger partial charge in [-0.2, -0.15) is 0 Å². The number of fused-ring (bicyclic) bond motifs is 1. The van der Waals surface area contributed by atoms with Crippen molar-refractivity contribution in [1.29, 1.82) is 0 Å². The van der Waals surface area contributed by atoms with Crippen LogP contribution in [0.5, 0.6) is 0 Å². The third kappa shape index (κ3) is 3.40. The van der Waals surface area contributed by atoms with Gasteiger partial charge in [-0.1, -0.05) is 18.6 Å². The maximum absolute atomic E-state index is 12.2. The summed E-state index contributed by atoms with van der Waals surface area (Å²) in [6, 6.07) is 6.64. The molecule has 3 amide bonds. The number of imide groups is 1. The van der Waals surface area contributed by atoms with Gasteiger partial charge in [-0.25, -0.2) is 0 Å². The van der Waals surface area contributed by atoms with Crippen molar-refractivity contribution in [1.82, 2.24) is 10.2 Å². The molecule has 1 fully saturated rings. The molecular weight excluding hydrogens is 324 g/mol. The van der Waals surface area contributed by atoms with E-state index in [2.05, 4.69) is 5.32 Å². The summed E-state index contributed by atoms with van der Waals surface area (Å²) in [4.78, 5) is 48.9. The second-order valence-electron chi connectivity index (χ2n) is 6.50. The molecule has 1 aliphatic heterocycles. The summed E-state index contributed by atoms with van der Waals surface area (Å²) in [5.41, 5.74) is 0.769. The topological polar surface area (TPSA) is 104 Å². The summed E-state index contributed by atoms with van der Waals surface area (Å²) in [7, 11) is 0. The number of carboxylic acids is 1. The summed E-state index contributed by atoms with van der Waals surface area (Å²) < 4.78 is 0. The smallest absolute Gasteiger partial charge is 0.306 e. The Hall–Kier alpha value is -2.70. The zero-order valence-corrected chi connectivity index (χ0v) is 13.7. The highest BCUT2D eigenvalue weighted by Gasteiger charge is 2.35. The fourth-order valence-electron chi connectivity index (χ4n) is 3.53. The Morgan fingerprint density at radius 3 is 2.28 bits per heavy atom. The second-order valence-corrected chi connectivity index (χ2v) is 6.50. The van der Waals surface area contributed by atoms with E-state index in [9.17, 15) is 19.2 Å². The number of rotatable bonds is 5. The maximum atomic E-state index is 12.2. The molecule has 1 aliphatic carbocycles. The standard InChI is InChI=1S/C18H20N2O5/c21-15(11-4-3-5-12(10-11)18(24)25)19-8-9-20-16(22)13-6-1-2-7-14(13)17(20)23/h1-2,6-7,11-12H,3-5,8-10H2,(H,19,21)(H,24,25). The molecule has 2 unspecified atom stereocenters. The van der Waals surface area contributed by atoms with Crippen LogP contribution in [-0.4, -0.2) is 46.8 Å². The number of hydrogen-bond donors (Lipinski definition) is 2. The van der Waals surface area contributed by atoms with Crippen LogP contribution in [-0.2, 0) is 9.59 Å². The van der Waals surface area contributed by atoms with Gasteiger partial charge in [0.05, 0.1) is 17.0 Å². The number of nitrogens with one attached hydrogen (secondary N) is 1. The van der Waals surface area contributed by atoms with E-state index < -0.39 is 11.9 Å². The molecule has 2 aliphatic rings. The summed E-state index contributed by atoms with van der Waals surface area (Å²) in [6.45, 7) is 0.270. The van der Waals surface area contributed by atoms with E-state index in [4.69, 9.17) is 5.11 Å². The van der Waals surface area contributed by atoms with E-state index in [0.717, 1.165) is 4.90 Å². The molecule has 0 saturated heterocycles. The Labute approximate surface area is 145 Å². The molecule has 1 aromatic rings. The number of benzene rings is 1. The lowest BCUT2D eigenvalue weighted by Crippen LogP contribution is -2.41. The van der Waals surface area contributed by atoms with Gasteiger partial charge in [0.15, 0.2) is 0 Å². The van der Waals surface area contributed by atoms with Crippen LogP contribution >= 0.6 is 0 Å². The van der Waals surface area contributed by atoms with Gasteiger partial charge >= 0.3 is 5.97 Å². The molecule has 2 N–H and O–H groups in total. The van der Waals surface area contributed by atoms with Crippen LogP contribution in [0, 0.1) is 11.8 Å². The highest BCUT2D eigenvalue weighted by atomic mass is 16.4. The van der Waals surface area contributed by atoms with E-state index >= 15 is 0 Å². The third-order valence-corrected chi connectivity index (χ3v) is 4.91. The first-order valence-corrected chi connectivity index (χ1v) is 8.44. The Bertz CT molecular complexity index is 695. The van der Waals surface area contributed by atoms with Crippen molar-refractivity contribution < 1.29 is 24.3 Å². The third-order valence-electron chi connectivity index (χ3n) is 4.91. The molecule has 132 valence electrons. The largest absolute Gasteiger partial charge is 0.481 e. The van der Waals surface area contributed by atoms with Crippen LogP contribution in [0.1, 0.15) is 46.4 Å². The average Bonchev–Trinajstić information content (AvgIpc) is 2.87. The number of carboxylic acid groups (broad SMARTS) is 1. The van der Waals surface area contributed by atoms with Crippen molar-refractivity contribution >= 4 is 23.7 Å². The van der Waals surface area contributed by atoms with Crippen LogP contribution < -0.4 is 5.32 Å². The molecule has 7 nitrogen and oxygen atoms in total. The van der Waals surface area contributed by atoms with E-state index in [1.165, 1.54) is 0 Å². The van der Waals surface area contributed by atoms with Crippen molar-refractivity contribution in [3.05, 3.63) is 35.4 Å². The Morgan fingerprint density at radius 1 is 1.08 bits per heavy atom. The number of carbonyl (C=O) groups excluding carboxylic acids is 3. The monoisotopic (exact) mass is 344 g/mol. The molecular formula is C18H20N2O5. The minimum atomic E-state index is -0.858. The summed E-state index contributed by atoms with van der Waals surface area (Å²) in [6.07, 6.45) is 2.33. The number of hydrogen-bond acceptors (Lipinski definition) is 4. The average molecular weight is 344 g/mol. The minimum Gasteiger partial charge on any atom is -0.481 e. The van der Waals surface area contributed by atoms with E-state index in [1.54, 1.807) is 24.3 Å². The van der Waals surface area contributed by atoms with Crippen LogP contribution in [0.2, 0.25) is 0 Å². The van der Waals surface area contributed by atoms with Crippen LogP contribution in [0.15, 0.2) is 24.3 Å². The lowest BCUT2D eigenvalue weighted by atomic mass is 9.81. The first-order valence-electron chi connectivity index (χ1n) is 8.44. The molecule has 3 rings (SSSR count). The minimum absolute atomic E-state index is 0.104. The number of amides is 3. The van der Waals surface area contributed by atoms with Crippen LogP contribution in [0.3, 0.4) is 0 Å². The Balaban J connectivity index is 1.52. The van der Waals surface area contributed by atoms with Gasteiger partial charge in [-0.05, 0) is 31.4 Å². The molecule has 25 heavy (non-hydrogen) atoms. The quantitative estimate of drug-likeness (QED) is 0.783. The van der Waals surface area contributed by atoms with Crippen LogP contribution in [0.4, 0.5) is 0 Å². The van der Waals surface area contributed by atoms with Crippen molar-refractivity contribution in [2.24, 2.45) is 11.8 Å². The summed E-state index contributed by atoms with van der Waals surface area (Å²) >= 11 is 0. The first kappa shape index (κ1) is 17.1. The van der Waals surface area contributed by atoms with E-state index in [1.807, 2.05) is 0 Å². The van der Waals surface area contributed by atoms with Crippen molar-refractivity contribution in [3.8, 4) is 0 Å². The lowest BCUT2D eigenvalue weighted by molar-refractivity contribution is -0.144. The molecule has 0 bridgehead atoms. The predicted molar refractivity (Wildman–Crippen MR) is 87.9 cm³/mol. The summed E-state index contributed by atoms with van der Waals surface area (Å²) in [5, 5.41) is 11.8. The van der Waals surface area contributed by atoms with Crippen molar-refractivity contribution in [2.45, 2.75) is 25.7 Å². The fraction of sp³-hybridized carbons (Fsp3) is 0.444. The van der Waals surface area contributed by atoms with Gasteiger partial charge < -0.3 is 10.4 Å². The lowest BCUT2D eigenvalue weighted by Gasteiger charge is -2.26.